The molecule has 27 heavy (non-hydrogen) atoms. The first-order valence-corrected chi connectivity index (χ1v) is 9.33. The number of fused-ring (bicyclic) bond motifs is 4. The monoisotopic (exact) mass is 361 g/mol. The fourth-order valence-electron chi connectivity index (χ4n) is 4.18. The van der Waals surface area contributed by atoms with E-state index in [9.17, 15) is 0 Å². The Morgan fingerprint density at radius 2 is 2.11 bits per heavy atom. The van der Waals surface area contributed by atoms with Crippen molar-refractivity contribution in [2.24, 2.45) is 0 Å². The van der Waals surface area contributed by atoms with Gasteiger partial charge >= 0.3 is 0 Å². The summed E-state index contributed by atoms with van der Waals surface area (Å²) in [6.45, 7) is 6.92. The standard InChI is InChI=1S/C21H23N5O/c1-13-8-14(2)26-21(23-13)15(10-22-26)11-25-7-6-20-18(12-25)17-9-16(27-3)4-5-19(17)24-20/h4-5,8-10,24H,6-7,11-12H2,1-3H3. The van der Waals surface area contributed by atoms with Crippen molar-refractivity contribution < 1.29 is 4.74 Å². The van der Waals surface area contributed by atoms with Crippen LogP contribution in [0.5, 0.6) is 5.75 Å². The van der Waals surface area contributed by atoms with E-state index in [-0.39, 0.29) is 0 Å². The molecule has 1 aromatic carbocycles. The molecule has 0 atom stereocenters. The van der Waals surface area contributed by atoms with Gasteiger partial charge in [-0.05, 0) is 43.7 Å². The molecule has 6 nitrogen and oxygen atoms in total. The number of ether oxygens (including phenoxy) is 1. The van der Waals surface area contributed by atoms with Crippen LogP contribution in [0.2, 0.25) is 0 Å². The number of rotatable bonds is 3. The Kier molecular flexibility index (Phi) is 3.68. The molecule has 0 bridgehead atoms. The number of nitrogens with zero attached hydrogens (tertiary/aromatic N) is 4. The van der Waals surface area contributed by atoms with Crippen LogP contribution in [0.25, 0.3) is 16.6 Å². The van der Waals surface area contributed by atoms with Crippen molar-refractivity contribution in [2.45, 2.75) is 33.4 Å². The number of hydrogen-bond acceptors (Lipinski definition) is 4. The first kappa shape index (κ1) is 16.3. The molecule has 0 amide bonds. The predicted octanol–water partition coefficient (Wildman–Crippen LogP) is 3.39. The number of methoxy groups -OCH3 is 1. The SMILES string of the molecule is COc1ccc2[nH]c3c(c2c1)CN(Cc1cnn2c(C)cc(C)nc12)CC3. The summed E-state index contributed by atoms with van der Waals surface area (Å²) in [6.07, 6.45) is 2.99. The molecule has 0 fully saturated rings. The van der Waals surface area contributed by atoms with E-state index < -0.39 is 0 Å². The maximum absolute atomic E-state index is 5.42. The predicted molar refractivity (Wildman–Crippen MR) is 105 cm³/mol. The number of nitrogens with one attached hydrogen (secondary N) is 1. The van der Waals surface area contributed by atoms with E-state index in [0.29, 0.717) is 0 Å². The molecule has 4 heterocycles. The summed E-state index contributed by atoms with van der Waals surface area (Å²) >= 11 is 0. The van der Waals surface area contributed by atoms with Gasteiger partial charge in [0.15, 0.2) is 5.65 Å². The van der Waals surface area contributed by atoms with E-state index in [1.165, 1.54) is 27.7 Å². The number of aromatic amines is 1. The van der Waals surface area contributed by atoms with Crippen LogP contribution in [-0.4, -0.2) is 38.1 Å². The third-order valence-corrected chi connectivity index (χ3v) is 5.51. The van der Waals surface area contributed by atoms with Gasteiger partial charge in [-0.15, -0.1) is 0 Å². The van der Waals surface area contributed by atoms with Crippen LogP contribution < -0.4 is 4.74 Å². The fraction of sp³-hybridized carbons (Fsp3) is 0.333. The lowest BCUT2D eigenvalue weighted by atomic mass is 10.0. The molecule has 5 rings (SSSR count). The lowest BCUT2D eigenvalue weighted by molar-refractivity contribution is 0.246. The van der Waals surface area contributed by atoms with Crippen molar-refractivity contribution in [1.82, 2.24) is 24.5 Å². The highest BCUT2D eigenvalue weighted by Gasteiger charge is 2.22. The molecule has 1 aliphatic heterocycles. The van der Waals surface area contributed by atoms with Crippen molar-refractivity contribution in [3.8, 4) is 5.75 Å². The first-order chi connectivity index (χ1) is 13.1. The molecular formula is C21H23N5O. The summed E-state index contributed by atoms with van der Waals surface area (Å²) in [7, 11) is 1.72. The van der Waals surface area contributed by atoms with E-state index >= 15 is 0 Å². The lowest BCUT2D eigenvalue weighted by Gasteiger charge is -2.26. The second-order valence-electron chi connectivity index (χ2n) is 7.40. The number of aromatic nitrogens is 4. The normalized spacial score (nSPS) is 14.8. The molecule has 1 aliphatic rings. The van der Waals surface area contributed by atoms with Crippen molar-refractivity contribution in [1.29, 1.82) is 0 Å². The molecule has 0 radical (unpaired) electrons. The minimum atomic E-state index is 0.857. The van der Waals surface area contributed by atoms with E-state index in [4.69, 9.17) is 9.72 Å². The van der Waals surface area contributed by atoms with Crippen LogP contribution in [0.1, 0.15) is 28.2 Å². The van der Waals surface area contributed by atoms with E-state index in [1.807, 2.05) is 23.7 Å². The van der Waals surface area contributed by atoms with Crippen molar-refractivity contribution >= 4 is 16.6 Å². The summed E-state index contributed by atoms with van der Waals surface area (Å²) in [5, 5.41) is 5.80. The van der Waals surface area contributed by atoms with Crippen LogP contribution in [0.3, 0.4) is 0 Å². The van der Waals surface area contributed by atoms with Gasteiger partial charge < -0.3 is 9.72 Å². The van der Waals surface area contributed by atoms with Gasteiger partial charge in [-0.25, -0.2) is 9.50 Å². The maximum atomic E-state index is 5.42. The molecular weight excluding hydrogens is 338 g/mol. The first-order valence-electron chi connectivity index (χ1n) is 9.33. The van der Waals surface area contributed by atoms with Gasteiger partial charge in [-0.1, -0.05) is 0 Å². The summed E-state index contributed by atoms with van der Waals surface area (Å²) in [5.41, 5.74) is 8.22. The molecule has 4 aromatic rings. The third kappa shape index (κ3) is 2.68. The van der Waals surface area contributed by atoms with E-state index in [0.717, 1.165) is 48.8 Å². The quantitative estimate of drug-likeness (QED) is 0.608. The lowest BCUT2D eigenvalue weighted by Crippen LogP contribution is -2.29. The molecule has 6 heteroatoms. The van der Waals surface area contributed by atoms with Crippen molar-refractivity contribution in [2.75, 3.05) is 13.7 Å². The Hall–Kier alpha value is -2.86. The Bertz CT molecular complexity index is 1160. The maximum Gasteiger partial charge on any atom is 0.159 e. The molecule has 0 saturated carbocycles. The zero-order valence-electron chi connectivity index (χ0n) is 15.9. The smallest absolute Gasteiger partial charge is 0.159 e. The number of benzene rings is 1. The van der Waals surface area contributed by atoms with Crippen LogP contribution in [0, 0.1) is 13.8 Å². The Morgan fingerprint density at radius 1 is 1.22 bits per heavy atom. The number of aryl methyl sites for hydroxylation is 2. The Labute approximate surface area is 157 Å². The van der Waals surface area contributed by atoms with Gasteiger partial charge in [0.25, 0.3) is 0 Å². The van der Waals surface area contributed by atoms with Gasteiger partial charge in [-0.2, -0.15) is 5.10 Å². The summed E-state index contributed by atoms with van der Waals surface area (Å²) in [5.74, 6) is 0.902. The second kappa shape index (κ2) is 6.09. The van der Waals surface area contributed by atoms with Crippen molar-refractivity contribution in [3.63, 3.8) is 0 Å². The minimum absolute atomic E-state index is 0.857. The fourth-order valence-corrected chi connectivity index (χ4v) is 4.18. The molecule has 0 aliphatic carbocycles. The van der Waals surface area contributed by atoms with E-state index in [1.54, 1.807) is 7.11 Å². The third-order valence-electron chi connectivity index (χ3n) is 5.51. The number of hydrogen-bond donors (Lipinski definition) is 1. The summed E-state index contributed by atoms with van der Waals surface area (Å²) in [6, 6.07) is 8.32. The highest BCUT2D eigenvalue weighted by atomic mass is 16.5. The second-order valence-corrected chi connectivity index (χ2v) is 7.40. The molecule has 138 valence electrons. The highest BCUT2D eigenvalue weighted by Crippen LogP contribution is 2.31. The van der Waals surface area contributed by atoms with Gasteiger partial charge in [0.2, 0.25) is 0 Å². The van der Waals surface area contributed by atoms with Gasteiger partial charge in [0, 0.05) is 59.6 Å². The van der Waals surface area contributed by atoms with Gasteiger partial charge in [0.05, 0.1) is 13.3 Å². The molecule has 1 N–H and O–H groups in total. The van der Waals surface area contributed by atoms with Gasteiger partial charge in [0.1, 0.15) is 5.75 Å². The zero-order valence-corrected chi connectivity index (χ0v) is 15.9. The molecule has 0 unspecified atom stereocenters. The van der Waals surface area contributed by atoms with Gasteiger partial charge in [-0.3, -0.25) is 4.90 Å². The molecule has 0 spiro atoms. The largest absolute Gasteiger partial charge is 0.497 e. The van der Waals surface area contributed by atoms with Crippen LogP contribution in [0.4, 0.5) is 0 Å². The highest BCUT2D eigenvalue weighted by molar-refractivity contribution is 5.86. The van der Waals surface area contributed by atoms with Crippen molar-refractivity contribution in [3.05, 3.63) is 58.7 Å². The average molecular weight is 361 g/mol. The zero-order chi connectivity index (χ0) is 18.5. The minimum Gasteiger partial charge on any atom is -0.497 e. The molecule has 3 aromatic heterocycles. The number of H-pyrrole nitrogens is 1. The van der Waals surface area contributed by atoms with Crippen LogP contribution >= 0.6 is 0 Å². The summed E-state index contributed by atoms with van der Waals surface area (Å²) < 4.78 is 7.36. The van der Waals surface area contributed by atoms with Crippen LogP contribution in [-0.2, 0) is 19.5 Å². The Balaban J connectivity index is 1.47. The van der Waals surface area contributed by atoms with E-state index in [2.05, 4.69) is 40.1 Å². The molecule has 0 saturated heterocycles. The Morgan fingerprint density at radius 3 is 2.96 bits per heavy atom. The summed E-state index contributed by atoms with van der Waals surface area (Å²) in [4.78, 5) is 10.8. The van der Waals surface area contributed by atoms with Crippen LogP contribution in [0.15, 0.2) is 30.5 Å². The topological polar surface area (TPSA) is 58.5 Å². The average Bonchev–Trinajstić information content (AvgIpc) is 3.22.